The summed E-state index contributed by atoms with van der Waals surface area (Å²) in [5.41, 5.74) is 0. The maximum absolute atomic E-state index is 3.74. The monoisotopic (exact) mass is 284 g/mol. The molecule has 112 valence electrons. The predicted molar refractivity (Wildman–Crippen MR) is 87.0 cm³/mol. The maximum atomic E-state index is 3.74. The molecule has 0 aromatic rings. The van der Waals surface area contributed by atoms with Crippen molar-refractivity contribution in [2.24, 2.45) is 5.92 Å². The second-order valence-corrected chi connectivity index (χ2v) is 8.38. The van der Waals surface area contributed by atoms with Crippen molar-refractivity contribution < 1.29 is 0 Å². The van der Waals surface area contributed by atoms with Crippen molar-refractivity contribution >= 4 is 11.8 Å². The molecule has 1 heterocycles. The Hall–Kier alpha value is 0.270. The molecule has 2 nitrogen and oxygen atoms in total. The smallest absolute Gasteiger partial charge is 0.0284 e. The van der Waals surface area contributed by atoms with Gasteiger partial charge < -0.3 is 5.32 Å². The number of rotatable bonds is 5. The Morgan fingerprint density at radius 2 is 2.00 bits per heavy atom. The summed E-state index contributed by atoms with van der Waals surface area (Å²) in [5, 5.41) is 3.74. The van der Waals surface area contributed by atoms with Gasteiger partial charge in [-0.1, -0.05) is 26.7 Å². The highest BCUT2D eigenvalue weighted by Gasteiger charge is 2.37. The minimum absolute atomic E-state index is 0.563. The van der Waals surface area contributed by atoms with E-state index in [0.717, 1.165) is 5.92 Å². The number of thioether (sulfide) groups is 1. The van der Waals surface area contributed by atoms with Gasteiger partial charge in [0.25, 0.3) is 0 Å². The molecule has 3 heteroatoms. The summed E-state index contributed by atoms with van der Waals surface area (Å²) < 4.78 is 0.563. The molecule has 2 atom stereocenters. The average molecular weight is 285 g/mol. The van der Waals surface area contributed by atoms with E-state index >= 15 is 0 Å². The highest BCUT2D eigenvalue weighted by atomic mass is 32.2. The summed E-state index contributed by atoms with van der Waals surface area (Å²) in [6, 6.07) is 1.41. The molecule has 1 aliphatic heterocycles. The standard InChI is InChI=1S/C16H32N2S/c1-13(2)9-15-11-18(14(3)10-17-15)12-16(19-4)7-5-6-8-16/h13-15,17H,5-12H2,1-4H3. The van der Waals surface area contributed by atoms with Crippen LogP contribution in [0.25, 0.3) is 0 Å². The van der Waals surface area contributed by atoms with Crippen LogP contribution in [0, 0.1) is 5.92 Å². The van der Waals surface area contributed by atoms with E-state index in [4.69, 9.17) is 0 Å². The number of nitrogens with zero attached hydrogens (tertiary/aromatic N) is 1. The molecule has 1 aliphatic carbocycles. The van der Waals surface area contributed by atoms with E-state index in [9.17, 15) is 0 Å². The first-order valence-electron chi connectivity index (χ1n) is 8.07. The van der Waals surface area contributed by atoms with Crippen molar-refractivity contribution in [3.8, 4) is 0 Å². The molecule has 2 unspecified atom stereocenters. The van der Waals surface area contributed by atoms with E-state index < -0.39 is 0 Å². The van der Waals surface area contributed by atoms with E-state index in [1.807, 2.05) is 0 Å². The molecule has 0 aromatic carbocycles. The third kappa shape index (κ3) is 4.12. The SMILES string of the molecule is CSC1(CN2CC(CC(C)C)NCC2C)CCCC1. The molecule has 2 rings (SSSR count). The van der Waals surface area contributed by atoms with Gasteiger partial charge in [-0.2, -0.15) is 11.8 Å². The van der Waals surface area contributed by atoms with Crippen LogP contribution in [0.2, 0.25) is 0 Å². The number of hydrogen-bond acceptors (Lipinski definition) is 3. The van der Waals surface area contributed by atoms with Gasteiger partial charge in [0.05, 0.1) is 0 Å². The molecule has 0 aromatic heterocycles. The lowest BCUT2D eigenvalue weighted by Crippen LogP contribution is -2.58. The zero-order valence-corrected chi connectivity index (χ0v) is 14.1. The van der Waals surface area contributed by atoms with Crippen LogP contribution in [0.5, 0.6) is 0 Å². The van der Waals surface area contributed by atoms with Crippen LogP contribution in [-0.2, 0) is 0 Å². The summed E-state index contributed by atoms with van der Waals surface area (Å²) in [6.45, 7) is 10.8. The maximum Gasteiger partial charge on any atom is 0.0284 e. The Balaban J connectivity index is 1.93. The molecule has 1 N–H and O–H groups in total. The van der Waals surface area contributed by atoms with Crippen LogP contribution in [0.4, 0.5) is 0 Å². The lowest BCUT2D eigenvalue weighted by Gasteiger charge is -2.43. The lowest BCUT2D eigenvalue weighted by atomic mass is 9.98. The first-order valence-corrected chi connectivity index (χ1v) is 9.30. The van der Waals surface area contributed by atoms with Crippen LogP contribution in [-0.4, -0.2) is 47.6 Å². The molecule has 0 amide bonds. The molecule has 1 saturated carbocycles. The van der Waals surface area contributed by atoms with E-state index in [2.05, 4.69) is 49.0 Å². The highest BCUT2D eigenvalue weighted by Crippen LogP contribution is 2.41. The van der Waals surface area contributed by atoms with Crippen molar-refractivity contribution in [2.75, 3.05) is 25.9 Å². The quantitative estimate of drug-likeness (QED) is 0.833. The third-order valence-electron chi connectivity index (χ3n) is 4.98. The minimum atomic E-state index is 0.563. The second kappa shape index (κ2) is 6.82. The average Bonchev–Trinajstić information content (AvgIpc) is 2.82. The molecule has 19 heavy (non-hydrogen) atoms. The van der Waals surface area contributed by atoms with E-state index in [0.29, 0.717) is 16.8 Å². The largest absolute Gasteiger partial charge is 0.311 e. The summed E-state index contributed by atoms with van der Waals surface area (Å²) in [5.74, 6) is 0.800. The number of nitrogens with one attached hydrogen (secondary N) is 1. The summed E-state index contributed by atoms with van der Waals surface area (Å²) in [7, 11) is 0. The van der Waals surface area contributed by atoms with E-state index in [1.165, 1.54) is 51.7 Å². The normalized spacial score (nSPS) is 32.1. The Morgan fingerprint density at radius 1 is 1.32 bits per heavy atom. The number of piperazine rings is 1. The van der Waals surface area contributed by atoms with E-state index in [1.54, 1.807) is 0 Å². The predicted octanol–water partition coefficient (Wildman–Crippen LogP) is 3.37. The fourth-order valence-corrected chi connectivity index (χ4v) is 4.75. The van der Waals surface area contributed by atoms with Crippen molar-refractivity contribution in [2.45, 2.75) is 69.7 Å². The van der Waals surface area contributed by atoms with Gasteiger partial charge in [0.15, 0.2) is 0 Å². The lowest BCUT2D eigenvalue weighted by molar-refractivity contribution is 0.120. The molecule has 2 fully saturated rings. The Morgan fingerprint density at radius 3 is 2.58 bits per heavy atom. The Labute approximate surface area is 124 Å². The first kappa shape index (κ1) is 15.7. The van der Waals surface area contributed by atoms with Gasteiger partial charge in [-0.05, 0) is 38.4 Å². The zero-order valence-electron chi connectivity index (χ0n) is 13.2. The molecular formula is C16H32N2S. The third-order valence-corrected chi connectivity index (χ3v) is 6.38. The number of hydrogen-bond donors (Lipinski definition) is 1. The fraction of sp³-hybridized carbons (Fsp3) is 1.00. The van der Waals surface area contributed by atoms with Crippen LogP contribution < -0.4 is 5.32 Å². The first-order chi connectivity index (χ1) is 9.04. The van der Waals surface area contributed by atoms with Gasteiger partial charge in [0, 0.05) is 36.5 Å². The van der Waals surface area contributed by atoms with Crippen molar-refractivity contribution in [3.63, 3.8) is 0 Å². The van der Waals surface area contributed by atoms with Gasteiger partial charge >= 0.3 is 0 Å². The van der Waals surface area contributed by atoms with Gasteiger partial charge in [-0.25, -0.2) is 0 Å². The summed E-state index contributed by atoms with van der Waals surface area (Å²) in [6.07, 6.45) is 9.38. The Kier molecular flexibility index (Phi) is 5.62. The van der Waals surface area contributed by atoms with Crippen molar-refractivity contribution in [1.82, 2.24) is 10.2 Å². The van der Waals surface area contributed by atoms with Gasteiger partial charge in [0.2, 0.25) is 0 Å². The van der Waals surface area contributed by atoms with Gasteiger partial charge in [-0.15, -0.1) is 0 Å². The molecule has 1 saturated heterocycles. The summed E-state index contributed by atoms with van der Waals surface area (Å²) in [4.78, 5) is 2.77. The zero-order chi connectivity index (χ0) is 13.9. The van der Waals surface area contributed by atoms with Crippen LogP contribution in [0.3, 0.4) is 0 Å². The van der Waals surface area contributed by atoms with Crippen LogP contribution in [0.1, 0.15) is 52.9 Å². The molecule has 2 aliphatic rings. The van der Waals surface area contributed by atoms with Gasteiger partial charge in [-0.3, -0.25) is 4.90 Å². The van der Waals surface area contributed by atoms with Crippen molar-refractivity contribution in [1.29, 1.82) is 0 Å². The molecular weight excluding hydrogens is 252 g/mol. The van der Waals surface area contributed by atoms with Crippen LogP contribution in [0.15, 0.2) is 0 Å². The van der Waals surface area contributed by atoms with E-state index in [-0.39, 0.29) is 0 Å². The molecule has 0 radical (unpaired) electrons. The van der Waals surface area contributed by atoms with Crippen molar-refractivity contribution in [3.05, 3.63) is 0 Å². The second-order valence-electron chi connectivity index (χ2n) is 7.11. The summed E-state index contributed by atoms with van der Waals surface area (Å²) >= 11 is 2.13. The Bertz CT molecular complexity index is 274. The highest BCUT2D eigenvalue weighted by molar-refractivity contribution is 8.00. The molecule has 0 spiro atoms. The fourth-order valence-electron chi connectivity index (χ4n) is 3.76. The topological polar surface area (TPSA) is 15.3 Å². The van der Waals surface area contributed by atoms with Gasteiger partial charge in [0.1, 0.15) is 0 Å². The minimum Gasteiger partial charge on any atom is -0.311 e. The molecule has 0 bridgehead atoms. The van der Waals surface area contributed by atoms with Crippen LogP contribution >= 0.6 is 11.8 Å².